The number of aryl methyl sites for hydroxylation is 1. The predicted molar refractivity (Wildman–Crippen MR) is 86.0 cm³/mol. The van der Waals surface area contributed by atoms with Crippen molar-refractivity contribution in [2.24, 2.45) is 5.73 Å². The van der Waals surface area contributed by atoms with Crippen LogP contribution in [-0.4, -0.2) is 17.6 Å². The minimum absolute atomic E-state index is 0.0177. The Bertz CT molecular complexity index is 501. The highest BCUT2D eigenvalue weighted by molar-refractivity contribution is 5.16. The van der Waals surface area contributed by atoms with Crippen LogP contribution < -0.4 is 5.73 Å². The highest BCUT2D eigenvalue weighted by Gasteiger charge is 2.18. The van der Waals surface area contributed by atoms with Crippen molar-refractivity contribution in [3.05, 3.63) is 66.0 Å². The number of pyridine rings is 1. The van der Waals surface area contributed by atoms with E-state index in [9.17, 15) is 0 Å². The molecule has 112 valence electrons. The molecule has 0 aliphatic heterocycles. The molecule has 0 saturated carbocycles. The molecule has 3 nitrogen and oxygen atoms in total. The van der Waals surface area contributed by atoms with Gasteiger partial charge in [0.1, 0.15) is 0 Å². The van der Waals surface area contributed by atoms with Gasteiger partial charge in [-0.05, 0) is 42.5 Å². The highest BCUT2D eigenvalue weighted by Crippen LogP contribution is 2.21. The van der Waals surface area contributed by atoms with Crippen molar-refractivity contribution in [1.29, 1.82) is 0 Å². The molecule has 2 atom stereocenters. The SMILES string of the molecule is CCC(N)C(OCCCc1ccccc1)c1ccncc1. The Hall–Kier alpha value is -1.71. The number of nitrogens with two attached hydrogens (primary N) is 1. The fourth-order valence-corrected chi connectivity index (χ4v) is 2.37. The van der Waals surface area contributed by atoms with Crippen molar-refractivity contribution in [2.45, 2.75) is 38.3 Å². The number of ether oxygens (including phenoxy) is 1. The Kier molecular flexibility index (Phi) is 6.38. The summed E-state index contributed by atoms with van der Waals surface area (Å²) in [5.41, 5.74) is 8.66. The van der Waals surface area contributed by atoms with Crippen molar-refractivity contribution < 1.29 is 4.74 Å². The first kappa shape index (κ1) is 15.7. The van der Waals surface area contributed by atoms with Gasteiger partial charge in [0, 0.05) is 25.0 Å². The van der Waals surface area contributed by atoms with Crippen LogP contribution in [-0.2, 0) is 11.2 Å². The monoisotopic (exact) mass is 284 g/mol. The zero-order valence-corrected chi connectivity index (χ0v) is 12.6. The van der Waals surface area contributed by atoms with Crippen molar-refractivity contribution in [2.75, 3.05) is 6.61 Å². The summed E-state index contributed by atoms with van der Waals surface area (Å²) in [6.45, 7) is 2.81. The number of aromatic nitrogens is 1. The van der Waals surface area contributed by atoms with Gasteiger partial charge in [0.2, 0.25) is 0 Å². The van der Waals surface area contributed by atoms with Crippen LogP contribution in [0.1, 0.15) is 37.0 Å². The van der Waals surface area contributed by atoms with Crippen molar-refractivity contribution in [3.63, 3.8) is 0 Å². The molecule has 1 heterocycles. The van der Waals surface area contributed by atoms with Crippen LogP contribution in [0.2, 0.25) is 0 Å². The Morgan fingerprint density at radius 3 is 2.48 bits per heavy atom. The number of hydrogen-bond acceptors (Lipinski definition) is 3. The van der Waals surface area contributed by atoms with E-state index < -0.39 is 0 Å². The molecule has 3 heteroatoms. The number of hydrogen-bond donors (Lipinski definition) is 1. The number of nitrogens with zero attached hydrogens (tertiary/aromatic N) is 1. The van der Waals surface area contributed by atoms with Gasteiger partial charge in [-0.3, -0.25) is 4.98 Å². The van der Waals surface area contributed by atoms with Crippen LogP contribution in [0.4, 0.5) is 0 Å². The lowest BCUT2D eigenvalue weighted by Crippen LogP contribution is -2.30. The van der Waals surface area contributed by atoms with Gasteiger partial charge in [0.15, 0.2) is 0 Å². The van der Waals surface area contributed by atoms with Gasteiger partial charge in [0.25, 0.3) is 0 Å². The lowest BCUT2D eigenvalue weighted by molar-refractivity contribution is 0.0321. The molecule has 0 fully saturated rings. The predicted octanol–water partition coefficient (Wildman–Crippen LogP) is 3.51. The van der Waals surface area contributed by atoms with E-state index in [1.54, 1.807) is 12.4 Å². The van der Waals surface area contributed by atoms with Crippen LogP contribution >= 0.6 is 0 Å². The molecule has 0 saturated heterocycles. The summed E-state index contributed by atoms with van der Waals surface area (Å²) in [6.07, 6.45) is 6.46. The van der Waals surface area contributed by atoms with Gasteiger partial charge >= 0.3 is 0 Å². The number of benzene rings is 1. The zero-order valence-electron chi connectivity index (χ0n) is 12.6. The average molecular weight is 284 g/mol. The van der Waals surface area contributed by atoms with Crippen LogP contribution in [0.15, 0.2) is 54.9 Å². The van der Waals surface area contributed by atoms with E-state index in [-0.39, 0.29) is 12.1 Å². The standard InChI is InChI=1S/C18H24N2O/c1-2-17(19)18(16-10-12-20-13-11-16)21-14-6-9-15-7-4-3-5-8-15/h3-5,7-8,10-13,17-18H,2,6,9,14,19H2,1H3. The maximum absolute atomic E-state index is 6.20. The summed E-state index contributed by atoms with van der Waals surface area (Å²) in [4.78, 5) is 4.05. The third-order valence-corrected chi connectivity index (χ3v) is 3.64. The second-order valence-electron chi connectivity index (χ2n) is 5.23. The van der Waals surface area contributed by atoms with E-state index >= 15 is 0 Å². The number of rotatable bonds is 8. The Morgan fingerprint density at radius 1 is 1.10 bits per heavy atom. The summed E-state index contributed by atoms with van der Waals surface area (Å²) in [7, 11) is 0. The van der Waals surface area contributed by atoms with Crippen molar-refractivity contribution in [3.8, 4) is 0 Å². The molecule has 2 rings (SSSR count). The minimum Gasteiger partial charge on any atom is -0.372 e. The van der Waals surface area contributed by atoms with Crippen LogP contribution in [0.25, 0.3) is 0 Å². The van der Waals surface area contributed by atoms with Crippen LogP contribution in [0, 0.1) is 0 Å². The van der Waals surface area contributed by atoms with E-state index in [4.69, 9.17) is 10.5 Å². The van der Waals surface area contributed by atoms with E-state index in [0.717, 1.165) is 31.4 Å². The van der Waals surface area contributed by atoms with Gasteiger partial charge in [-0.1, -0.05) is 37.3 Å². The largest absolute Gasteiger partial charge is 0.372 e. The smallest absolute Gasteiger partial charge is 0.0976 e. The fourth-order valence-electron chi connectivity index (χ4n) is 2.37. The van der Waals surface area contributed by atoms with Gasteiger partial charge in [-0.2, -0.15) is 0 Å². The Morgan fingerprint density at radius 2 is 1.81 bits per heavy atom. The first-order valence-corrected chi connectivity index (χ1v) is 7.62. The van der Waals surface area contributed by atoms with Crippen molar-refractivity contribution in [1.82, 2.24) is 4.98 Å². The first-order valence-electron chi connectivity index (χ1n) is 7.62. The summed E-state index contributed by atoms with van der Waals surface area (Å²) >= 11 is 0. The molecule has 2 aromatic rings. The molecule has 21 heavy (non-hydrogen) atoms. The molecule has 0 spiro atoms. The summed E-state index contributed by atoms with van der Waals surface area (Å²) < 4.78 is 6.05. The molecule has 0 aliphatic carbocycles. The average Bonchev–Trinajstić information content (AvgIpc) is 2.56. The normalized spacial score (nSPS) is 13.8. The minimum atomic E-state index is -0.0474. The summed E-state index contributed by atoms with van der Waals surface area (Å²) in [6, 6.07) is 14.5. The molecule has 1 aromatic heterocycles. The molecule has 0 amide bonds. The summed E-state index contributed by atoms with van der Waals surface area (Å²) in [5.74, 6) is 0. The zero-order chi connectivity index (χ0) is 14.9. The van der Waals surface area contributed by atoms with Crippen LogP contribution in [0.5, 0.6) is 0 Å². The van der Waals surface area contributed by atoms with E-state index in [1.165, 1.54) is 5.56 Å². The quantitative estimate of drug-likeness (QED) is 0.755. The maximum Gasteiger partial charge on any atom is 0.0976 e. The third-order valence-electron chi connectivity index (χ3n) is 3.64. The lowest BCUT2D eigenvalue weighted by Gasteiger charge is -2.23. The van der Waals surface area contributed by atoms with Crippen molar-refractivity contribution >= 4 is 0 Å². The maximum atomic E-state index is 6.20. The van der Waals surface area contributed by atoms with E-state index in [0.29, 0.717) is 0 Å². The molecule has 2 N–H and O–H groups in total. The molecular formula is C18H24N2O. The van der Waals surface area contributed by atoms with Gasteiger partial charge in [-0.15, -0.1) is 0 Å². The second-order valence-corrected chi connectivity index (χ2v) is 5.23. The Labute approximate surface area is 127 Å². The molecular weight excluding hydrogens is 260 g/mol. The molecule has 0 radical (unpaired) electrons. The van der Waals surface area contributed by atoms with E-state index in [2.05, 4.69) is 36.2 Å². The Balaban J connectivity index is 1.85. The van der Waals surface area contributed by atoms with E-state index in [1.807, 2.05) is 18.2 Å². The first-order chi connectivity index (χ1) is 10.3. The molecule has 2 unspecified atom stereocenters. The van der Waals surface area contributed by atoms with Gasteiger partial charge in [-0.25, -0.2) is 0 Å². The fraction of sp³-hybridized carbons (Fsp3) is 0.389. The third kappa shape index (κ3) is 4.96. The van der Waals surface area contributed by atoms with Crippen LogP contribution in [0.3, 0.4) is 0 Å². The highest BCUT2D eigenvalue weighted by atomic mass is 16.5. The second kappa shape index (κ2) is 8.55. The lowest BCUT2D eigenvalue weighted by atomic mass is 10.0. The molecule has 0 bridgehead atoms. The molecule has 0 aliphatic rings. The molecule has 1 aromatic carbocycles. The topological polar surface area (TPSA) is 48.1 Å². The summed E-state index contributed by atoms with van der Waals surface area (Å²) in [5, 5.41) is 0. The van der Waals surface area contributed by atoms with Gasteiger partial charge < -0.3 is 10.5 Å². The van der Waals surface area contributed by atoms with Gasteiger partial charge in [0.05, 0.1) is 6.10 Å².